The SMILES string of the molecule is CC(C)CCCN1C(C)C1C. The van der Waals surface area contributed by atoms with Gasteiger partial charge >= 0.3 is 0 Å². The summed E-state index contributed by atoms with van der Waals surface area (Å²) in [5, 5.41) is 0. The first-order valence-electron chi connectivity index (χ1n) is 4.88. The van der Waals surface area contributed by atoms with E-state index in [1.165, 1.54) is 19.4 Å². The Morgan fingerprint density at radius 1 is 1.18 bits per heavy atom. The molecule has 1 aliphatic heterocycles. The smallest absolute Gasteiger partial charge is 0.0224 e. The molecule has 2 unspecified atom stereocenters. The van der Waals surface area contributed by atoms with Gasteiger partial charge in [-0.2, -0.15) is 0 Å². The van der Waals surface area contributed by atoms with Gasteiger partial charge in [-0.15, -0.1) is 0 Å². The maximum Gasteiger partial charge on any atom is 0.0224 e. The molecule has 1 fully saturated rings. The van der Waals surface area contributed by atoms with E-state index in [4.69, 9.17) is 0 Å². The molecular formula is C10H21N. The van der Waals surface area contributed by atoms with Crippen molar-refractivity contribution in [2.24, 2.45) is 5.92 Å². The van der Waals surface area contributed by atoms with Crippen molar-refractivity contribution in [1.29, 1.82) is 0 Å². The third kappa shape index (κ3) is 2.48. The molecule has 0 aromatic rings. The normalized spacial score (nSPS) is 36.3. The lowest BCUT2D eigenvalue weighted by Crippen LogP contribution is -2.04. The summed E-state index contributed by atoms with van der Waals surface area (Å²) in [6.45, 7) is 10.6. The third-order valence-electron chi connectivity index (χ3n) is 2.85. The predicted molar refractivity (Wildman–Crippen MR) is 49.7 cm³/mol. The van der Waals surface area contributed by atoms with E-state index in [1.54, 1.807) is 0 Å². The number of hydrogen-bond acceptors (Lipinski definition) is 1. The van der Waals surface area contributed by atoms with Gasteiger partial charge in [0, 0.05) is 12.1 Å². The molecule has 1 nitrogen and oxygen atoms in total. The van der Waals surface area contributed by atoms with Gasteiger partial charge in [-0.1, -0.05) is 13.8 Å². The average Bonchev–Trinajstić information content (AvgIpc) is 2.44. The summed E-state index contributed by atoms with van der Waals surface area (Å²) in [7, 11) is 0. The highest BCUT2D eigenvalue weighted by Crippen LogP contribution is 2.27. The topological polar surface area (TPSA) is 3.01 Å². The number of nitrogens with zero attached hydrogens (tertiary/aromatic N) is 1. The van der Waals surface area contributed by atoms with Gasteiger partial charge in [0.2, 0.25) is 0 Å². The molecule has 0 saturated carbocycles. The van der Waals surface area contributed by atoms with Gasteiger partial charge in [0.05, 0.1) is 0 Å². The zero-order valence-electron chi connectivity index (χ0n) is 8.30. The van der Waals surface area contributed by atoms with Crippen LogP contribution in [0.1, 0.15) is 40.5 Å². The Balaban J connectivity index is 1.97. The summed E-state index contributed by atoms with van der Waals surface area (Å²) in [6.07, 6.45) is 2.77. The molecule has 1 aliphatic rings. The Morgan fingerprint density at radius 3 is 2.09 bits per heavy atom. The molecule has 0 N–H and O–H groups in total. The molecule has 1 saturated heterocycles. The van der Waals surface area contributed by atoms with E-state index in [0.29, 0.717) is 0 Å². The number of hydrogen-bond donors (Lipinski definition) is 0. The fourth-order valence-corrected chi connectivity index (χ4v) is 1.67. The lowest BCUT2D eigenvalue weighted by Gasteiger charge is -2.04. The standard InChI is InChI=1S/C10H21N/c1-8(2)6-5-7-11-9(3)10(11)4/h8-10H,5-7H2,1-4H3. The highest BCUT2D eigenvalue weighted by molar-refractivity contribution is 4.94. The van der Waals surface area contributed by atoms with Crippen molar-refractivity contribution in [3.63, 3.8) is 0 Å². The molecule has 11 heavy (non-hydrogen) atoms. The Labute approximate surface area is 70.8 Å². The summed E-state index contributed by atoms with van der Waals surface area (Å²) < 4.78 is 0. The van der Waals surface area contributed by atoms with E-state index in [1.807, 2.05) is 0 Å². The molecule has 66 valence electrons. The van der Waals surface area contributed by atoms with Crippen LogP contribution in [0, 0.1) is 5.92 Å². The summed E-state index contributed by atoms with van der Waals surface area (Å²) in [6, 6.07) is 1.73. The molecule has 0 amide bonds. The Hall–Kier alpha value is -0.0400. The Morgan fingerprint density at radius 2 is 1.73 bits per heavy atom. The minimum Gasteiger partial charge on any atom is -0.295 e. The second-order valence-corrected chi connectivity index (χ2v) is 4.26. The van der Waals surface area contributed by atoms with Gasteiger partial charge in [0.25, 0.3) is 0 Å². The van der Waals surface area contributed by atoms with E-state index in [-0.39, 0.29) is 0 Å². The van der Waals surface area contributed by atoms with Crippen LogP contribution in [-0.2, 0) is 0 Å². The van der Waals surface area contributed by atoms with Crippen molar-refractivity contribution >= 4 is 0 Å². The van der Waals surface area contributed by atoms with Crippen LogP contribution < -0.4 is 0 Å². The highest BCUT2D eigenvalue weighted by atomic mass is 15.3. The summed E-state index contributed by atoms with van der Waals surface area (Å²) in [4.78, 5) is 2.57. The first-order chi connectivity index (χ1) is 5.13. The van der Waals surface area contributed by atoms with Gasteiger partial charge in [-0.3, -0.25) is 4.90 Å². The van der Waals surface area contributed by atoms with E-state index >= 15 is 0 Å². The first-order valence-corrected chi connectivity index (χ1v) is 4.88. The average molecular weight is 155 g/mol. The largest absolute Gasteiger partial charge is 0.295 e. The van der Waals surface area contributed by atoms with Crippen LogP contribution in [0.15, 0.2) is 0 Å². The number of rotatable bonds is 4. The highest BCUT2D eigenvalue weighted by Gasteiger charge is 2.38. The molecule has 0 aromatic carbocycles. The van der Waals surface area contributed by atoms with Crippen LogP contribution in [0.3, 0.4) is 0 Å². The summed E-state index contributed by atoms with van der Waals surface area (Å²) in [5.41, 5.74) is 0. The van der Waals surface area contributed by atoms with E-state index in [9.17, 15) is 0 Å². The molecule has 2 atom stereocenters. The van der Waals surface area contributed by atoms with Crippen molar-refractivity contribution in [3.05, 3.63) is 0 Å². The molecule has 0 aliphatic carbocycles. The zero-order valence-corrected chi connectivity index (χ0v) is 8.30. The minimum atomic E-state index is 0.863. The summed E-state index contributed by atoms with van der Waals surface area (Å²) >= 11 is 0. The molecule has 0 aromatic heterocycles. The van der Waals surface area contributed by atoms with Gasteiger partial charge in [0.15, 0.2) is 0 Å². The quantitative estimate of drug-likeness (QED) is 0.564. The first kappa shape index (κ1) is 9.05. The summed E-state index contributed by atoms with van der Waals surface area (Å²) in [5.74, 6) is 0.876. The molecule has 0 spiro atoms. The van der Waals surface area contributed by atoms with Crippen molar-refractivity contribution in [3.8, 4) is 0 Å². The lowest BCUT2D eigenvalue weighted by atomic mass is 10.1. The van der Waals surface area contributed by atoms with E-state index in [2.05, 4.69) is 32.6 Å². The zero-order chi connectivity index (χ0) is 8.43. The second-order valence-electron chi connectivity index (χ2n) is 4.26. The molecule has 0 bridgehead atoms. The molecular weight excluding hydrogens is 134 g/mol. The maximum atomic E-state index is 2.57. The maximum absolute atomic E-state index is 2.57. The third-order valence-corrected chi connectivity index (χ3v) is 2.85. The monoisotopic (exact) mass is 155 g/mol. The van der Waals surface area contributed by atoms with Crippen LogP contribution in [0.25, 0.3) is 0 Å². The van der Waals surface area contributed by atoms with E-state index in [0.717, 1.165) is 18.0 Å². The van der Waals surface area contributed by atoms with Crippen molar-refractivity contribution in [2.75, 3.05) is 6.54 Å². The Bertz CT molecular complexity index is 112. The van der Waals surface area contributed by atoms with Crippen LogP contribution in [-0.4, -0.2) is 23.5 Å². The van der Waals surface area contributed by atoms with Gasteiger partial charge in [0.1, 0.15) is 0 Å². The fourth-order valence-electron chi connectivity index (χ4n) is 1.67. The van der Waals surface area contributed by atoms with E-state index < -0.39 is 0 Å². The van der Waals surface area contributed by atoms with Crippen LogP contribution in [0.4, 0.5) is 0 Å². The molecule has 0 radical (unpaired) electrons. The Kier molecular flexibility index (Phi) is 2.94. The lowest BCUT2D eigenvalue weighted by molar-refractivity contribution is 0.438. The van der Waals surface area contributed by atoms with Crippen molar-refractivity contribution in [1.82, 2.24) is 4.90 Å². The predicted octanol–water partition coefficient (Wildman–Crippen LogP) is 2.52. The van der Waals surface area contributed by atoms with Gasteiger partial charge < -0.3 is 0 Å². The fraction of sp³-hybridized carbons (Fsp3) is 1.00. The van der Waals surface area contributed by atoms with Gasteiger partial charge in [-0.25, -0.2) is 0 Å². The van der Waals surface area contributed by atoms with Gasteiger partial charge in [-0.05, 0) is 39.2 Å². The van der Waals surface area contributed by atoms with Crippen LogP contribution in [0.5, 0.6) is 0 Å². The van der Waals surface area contributed by atoms with Crippen molar-refractivity contribution in [2.45, 2.75) is 52.6 Å². The molecule has 1 rings (SSSR count). The molecule has 1 heterocycles. The minimum absolute atomic E-state index is 0.863. The second kappa shape index (κ2) is 3.57. The van der Waals surface area contributed by atoms with Crippen LogP contribution >= 0.6 is 0 Å². The molecule has 1 heteroatoms. The van der Waals surface area contributed by atoms with Crippen LogP contribution in [0.2, 0.25) is 0 Å². The van der Waals surface area contributed by atoms with Crippen molar-refractivity contribution < 1.29 is 0 Å².